The Kier molecular flexibility index (Phi) is 8.80. The Morgan fingerprint density at radius 3 is 2.37 bits per heavy atom. The molecule has 0 saturated carbocycles. The van der Waals surface area contributed by atoms with E-state index in [0.717, 1.165) is 28.2 Å². The highest BCUT2D eigenvalue weighted by Gasteiger charge is 2.21. The van der Waals surface area contributed by atoms with Crippen LogP contribution in [0.2, 0.25) is 0 Å². The highest BCUT2D eigenvalue weighted by atomic mass is 32.2. The van der Waals surface area contributed by atoms with Crippen LogP contribution in [0.3, 0.4) is 0 Å². The number of Topliss-reactive ketones (excluding diaryl/α,β-unsaturated/α-hetero) is 1. The molecule has 186 valence electrons. The third-order valence-electron chi connectivity index (χ3n) is 5.11. The molecule has 10 heteroatoms. The van der Waals surface area contributed by atoms with Gasteiger partial charge in [-0.15, -0.1) is 11.8 Å². The number of allylic oxidation sites excluding steroid dienone is 1. The lowest BCUT2D eigenvalue weighted by Crippen LogP contribution is -2.16. The minimum absolute atomic E-state index is 0.119. The van der Waals surface area contributed by atoms with Crippen molar-refractivity contribution in [3.05, 3.63) is 52.6 Å². The van der Waals surface area contributed by atoms with Crippen LogP contribution in [0.1, 0.15) is 22.8 Å². The van der Waals surface area contributed by atoms with Crippen LogP contribution in [-0.4, -0.2) is 66.7 Å². The van der Waals surface area contributed by atoms with Gasteiger partial charge in [0, 0.05) is 46.6 Å². The molecule has 1 heterocycles. The van der Waals surface area contributed by atoms with E-state index >= 15 is 0 Å². The van der Waals surface area contributed by atoms with Crippen LogP contribution < -0.4 is 19.5 Å². The Morgan fingerprint density at radius 2 is 1.80 bits per heavy atom. The maximum atomic E-state index is 13.6. The Labute approximate surface area is 207 Å². The van der Waals surface area contributed by atoms with Crippen LogP contribution in [-0.2, 0) is 4.79 Å². The average molecular weight is 501 g/mol. The number of thioether (sulfide) groups is 1. The van der Waals surface area contributed by atoms with Gasteiger partial charge in [-0.2, -0.15) is 0 Å². The number of aromatic nitrogens is 1. The van der Waals surface area contributed by atoms with Crippen LogP contribution in [0.25, 0.3) is 17.0 Å². The van der Waals surface area contributed by atoms with Crippen LogP contribution in [0, 0.1) is 0 Å². The number of amides is 1. The molecule has 3 rings (SSSR count). The molecule has 9 nitrogen and oxygen atoms in total. The molecule has 0 radical (unpaired) electrons. The van der Waals surface area contributed by atoms with E-state index in [-0.39, 0.29) is 17.4 Å². The molecular weight excluding hydrogens is 472 g/mol. The average Bonchev–Trinajstić information content (AvgIpc) is 3.26. The van der Waals surface area contributed by atoms with Gasteiger partial charge in [-0.05, 0) is 30.3 Å². The number of ether oxygens (including phenoxy) is 3. The lowest BCUT2D eigenvalue weighted by atomic mass is 10.1. The maximum absolute atomic E-state index is 13.6. The minimum atomic E-state index is -0.987. The van der Waals surface area contributed by atoms with Gasteiger partial charge in [0.2, 0.25) is 11.7 Å². The van der Waals surface area contributed by atoms with Crippen molar-refractivity contribution < 1.29 is 34.0 Å². The summed E-state index contributed by atoms with van der Waals surface area (Å²) in [6.07, 6.45) is 2.49. The first-order chi connectivity index (χ1) is 16.8. The summed E-state index contributed by atoms with van der Waals surface area (Å²) in [5.74, 6) is 0.678. The number of H-pyrrole nitrogens is 1. The van der Waals surface area contributed by atoms with E-state index in [2.05, 4.69) is 10.3 Å². The Balaban J connectivity index is 2.05. The first-order valence-electron chi connectivity index (χ1n) is 10.7. The number of aliphatic hydroxyl groups is 2. The molecule has 0 aliphatic rings. The van der Waals surface area contributed by atoms with Crippen molar-refractivity contribution >= 4 is 46.1 Å². The Bertz CT molecular complexity index is 1230. The zero-order valence-corrected chi connectivity index (χ0v) is 20.7. The molecule has 3 aromatic rings. The predicted molar refractivity (Wildman–Crippen MR) is 137 cm³/mol. The molecule has 0 saturated heterocycles. The van der Waals surface area contributed by atoms with Gasteiger partial charge >= 0.3 is 0 Å². The van der Waals surface area contributed by atoms with Crippen LogP contribution >= 0.6 is 11.8 Å². The first-order valence-corrected chi connectivity index (χ1v) is 11.7. The molecule has 0 aliphatic carbocycles. The number of anilines is 1. The van der Waals surface area contributed by atoms with Crippen molar-refractivity contribution in [2.75, 3.05) is 39.0 Å². The molecule has 4 N–H and O–H groups in total. The molecule has 1 atom stereocenters. The summed E-state index contributed by atoms with van der Waals surface area (Å²) in [5, 5.41) is 22.7. The number of hydrogen-bond donors (Lipinski definition) is 4. The molecule has 0 fully saturated rings. The van der Waals surface area contributed by atoms with E-state index in [1.165, 1.54) is 28.3 Å². The topological polar surface area (TPSA) is 130 Å². The second-order valence-electron chi connectivity index (χ2n) is 7.58. The fraction of sp³-hybridized carbons (Fsp3) is 0.280. The number of ketones is 1. The zero-order valence-electron chi connectivity index (χ0n) is 19.9. The molecule has 1 amide bonds. The van der Waals surface area contributed by atoms with Crippen molar-refractivity contribution in [1.29, 1.82) is 0 Å². The number of fused-ring (bicyclic) bond motifs is 1. The zero-order chi connectivity index (χ0) is 25.5. The largest absolute Gasteiger partial charge is 0.493 e. The lowest BCUT2D eigenvalue weighted by Gasteiger charge is -2.15. The number of rotatable bonds is 11. The van der Waals surface area contributed by atoms with Gasteiger partial charge in [-0.3, -0.25) is 9.59 Å². The fourth-order valence-electron chi connectivity index (χ4n) is 3.46. The number of carbonyl (C=O) groups is 2. The molecule has 0 spiro atoms. The van der Waals surface area contributed by atoms with Gasteiger partial charge in [0.05, 0.1) is 38.9 Å². The SMILES string of the molecule is COc1cc(C(=O)C(=Cc2c[nH]c3cc(NC(C)=O)ccc23)SCC(O)CO)cc(OC)c1OC. The summed E-state index contributed by atoms with van der Waals surface area (Å²) in [6, 6.07) is 8.55. The molecule has 35 heavy (non-hydrogen) atoms. The number of carbonyl (C=O) groups excluding carboxylic acids is 2. The predicted octanol–water partition coefficient (Wildman–Crippen LogP) is 3.46. The number of methoxy groups -OCH3 is 3. The van der Waals surface area contributed by atoms with E-state index in [4.69, 9.17) is 14.2 Å². The van der Waals surface area contributed by atoms with Crippen molar-refractivity contribution in [2.24, 2.45) is 0 Å². The molecular formula is C25H28N2O7S. The third-order valence-corrected chi connectivity index (χ3v) is 6.28. The molecule has 1 aromatic heterocycles. The van der Waals surface area contributed by atoms with Gasteiger partial charge in [-0.25, -0.2) is 0 Å². The summed E-state index contributed by atoms with van der Waals surface area (Å²) in [5.41, 5.74) is 2.49. The van der Waals surface area contributed by atoms with Gasteiger partial charge in [-0.1, -0.05) is 6.07 Å². The smallest absolute Gasteiger partial charge is 0.221 e. The van der Waals surface area contributed by atoms with E-state index in [1.807, 2.05) is 6.07 Å². The van der Waals surface area contributed by atoms with Gasteiger partial charge < -0.3 is 34.7 Å². The third kappa shape index (κ3) is 6.16. The molecule has 0 bridgehead atoms. The highest BCUT2D eigenvalue weighted by Crippen LogP contribution is 2.39. The van der Waals surface area contributed by atoms with Crippen LogP contribution in [0.15, 0.2) is 41.4 Å². The second-order valence-corrected chi connectivity index (χ2v) is 8.65. The second kappa shape index (κ2) is 11.8. The minimum Gasteiger partial charge on any atom is -0.493 e. The summed E-state index contributed by atoms with van der Waals surface area (Å²) in [7, 11) is 4.42. The molecule has 2 aromatic carbocycles. The normalized spacial score (nSPS) is 12.3. The molecule has 0 aliphatic heterocycles. The van der Waals surface area contributed by atoms with Crippen molar-refractivity contribution in [3.8, 4) is 17.2 Å². The number of aliphatic hydroxyl groups excluding tert-OH is 2. The monoisotopic (exact) mass is 500 g/mol. The number of aromatic amines is 1. The summed E-state index contributed by atoms with van der Waals surface area (Å²) in [6.45, 7) is 1.02. The van der Waals surface area contributed by atoms with E-state index in [1.54, 1.807) is 36.5 Å². The standard InChI is InChI=1S/C25H28N2O7S/c1-14(29)27-17-5-6-19-16(11-26-20(19)10-17)9-23(35-13-18(30)12-28)24(31)15-7-21(32-2)25(34-4)22(8-15)33-3/h5-11,18,26,28,30H,12-13H2,1-4H3,(H,27,29). The lowest BCUT2D eigenvalue weighted by molar-refractivity contribution is -0.114. The summed E-state index contributed by atoms with van der Waals surface area (Å²) < 4.78 is 16.1. The maximum Gasteiger partial charge on any atom is 0.221 e. The first kappa shape index (κ1) is 26.1. The summed E-state index contributed by atoms with van der Waals surface area (Å²) >= 11 is 1.13. The number of hydrogen-bond acceptors (Lipinski definition) is 8. The van der Waals surface area contributed by atoms with E-state index in [9.17, 15) is 19.8 Å². The van der Waals surface area contributed by atoms with Crippen molar-refractivity contribution in [1.82, 2.24) is 4.98 Å². The van der Waals surface area contributed by atoms with Gasteiger partial charge in [0.1, 0.15) is 0 Å². The highest BCUT2D eigenvalue weighted by molar-refractivity contribution is 8.04. The van der Waals surface area contributed by atoms with Crippen molar-refractivity contribution in [2.45, 2.75) is 13.0 Å². The Morgan fingerprint density at radius 1 is 1.11 bits per heavy atom. The van der Waals surface area contributed by atoms with E-state index in [0.29, 0.717) is 33.4 Å². The Hall–Kier alpha value is -3.47. The molecule has 1 unspecified atom stereocenters. The quantitative estimate of drug-likeness (QED) is 0.233. The summed E-state index contributed by atoms with van der Waals surface area (Å²) in [4.78, 5) is 28.4. The fourth-order valence-corrected chi connectivity index (χ4v) is 4.39. The number of nitrogens with one attached hydrogen (secondary N) is 2. The van der Waals surface area contributed by atoms with Crippen LogP contribution in [0.4, 0.5) is 5.69 Å². The van der Waals surface area contributed by atoms with Crippen LogP contribution in [0.5, 0.6) is 17.2 Å². The van der Waals surface area contributed by atoms with Crippen molar-refractivity contribution in [3.63, 3.8) is 0 Å². The number of benzene rings is 2. The van der Waals surface area contributed by atoms with Gasteiger partial charge in [0.25, 0.3) is 0 Å². The van der Waals surface area contributed by atoms with Gasteiger partial charge in [0.15, 0.2) is 17.3 Å². The van der Waals surface area contributed by atoms with E-state index < -0.39 is 12.7 Å².